The van der Waals surface area contributed by atoms with Gasteiger partial charge in [0.25, 0.3) is 0 Å². The summed E-state index contributed by atoms with van der Waals surface area (Å²) in [6.07, 6.45) is 1.83. The van der Waals surface area contributed by atoms with E-state index < -0.39 is 11.5 Å². The van der Waals surface area contributed by atoms with E-state index in [9.17, 15) is 5.11 Å². The highest BCUT2D eigenvalue weighted by atomic mass is 16.5. The van der Waals surface area contributed by atoms with Crippen molar-refractivity contribution in [1.29, 1.82) is 5.26 Å². The molecular weight excluding hydrogens is 192 g/mol. The van der Waals surface area contributed by atoms with Crippen LogP contribution in [0.2, 0.25) is 0 Å². The molecule has 0 aromatic rings. The lowest BCUT2D eigenvalue weighted by molar-refractivity contribution is -0.00895. The van der Waals surface area contributed by atoms with Crippen LogP contribution in [0.5, 0.6) is 0 Å². The first-order valence-corrected chi connectivity index (χ1v) is 5.40. The first kappa shape index (κ1) is 12.4. The molecule has 0 radical (unpaired) electrons. The highest BCUT2D eigenvalue weighted by molar-refractivity contribution is 5.01. The van der Waals surface area contributed by atoms with Crippen LogP contribution in [0.15, 0.2) is 0 Å². The Hall–Kier alpha value is -0.630. The second kappa shape index (κ2) is 5.45. The molecule has 1 heterocycles. The second-order valence-electron chi connectivity index (χ2n) is 4.67. The fourth-order valence-corrected chi connectivity index (χ4v) is 2.08. The van der Waals surface area contributed by atoms with E-state index in [1.807, 2.05) is 19.0 Å². The van der Waals surface area contributed by atoms with E-state index >= 15 is 0 Å². The molecule has 0 spiro atoms. The van der Waals surface area contributed by atoms with Crippen LogP contribution in [-0.4, -0.2) is 50.0 Å². The number of aliphatic hydroxyl groups excluding tert-OH is 1. The zero-order valence-electron chi connectivity index (χ0n) is 9.57. The third-order valence-electron chi connectivity index (χ3n) is 2.76. The van der Waals surface area contributed by atoms with E-state index in [2.05, 4.69) is 6.07 Å². The van der Waals surface area contributed by atoms with Gasteiger partial charge in [0.15, 0.2) is 0 Å². The van der Waals surface area contributed by atoms with Crippen LogP contribution in [0, 0.1) is 16.7 Å². The normalized spacial score (nSPS) is 28.7. The molecule has 15 heavy (non-hydrogen) atoms. The maximum atomic E-state index is 9.82. The average molecular weight is 212 g/mol. The zero-order valence-corrected chi connectivity index (χ0v) is 9.57. The van der Waals surface area contributed by atoms with Crippen LogP contribution in [0.1, 0.15) is 19.3 Å². The van der Waals surface area contributed by atoms with Crippen molar-refractivity contribution >= 4 is 0 Å². The quantitative estimate of drug-likeness (QED) is 0.742. The van der Waals surface area contributed by atoms with Crippen molar-refractivity contribution in [2.45, 2.75) is 25.4 Å². The highest BCUT2D eigenvalue weighted by Crippen LogP contribution is 2.32. The Kier molecular flexibility index (Phi) is 4.52. The third-order valence-corrected chi connectivity index (χ3v) is 2.76. The zero-order chi connectivity index (χ0) is 11.3. The monoisotopic (exact) mass is 212 g/mol. The van der Waals surface area contributed by atoms with Crippen molar-refractivity contribution in [3.63, 3.8) is 0 Å². The van der Waals surface area contributed by atoms with Crippen molar-refractivity contribution in [1.82, 2.24) is 4.90 Å². The van der Waals surface area contributed by atoms with E-state index in [-0.39, 0.29) is 0 Å². The molecular formula is C11H20N2O2. The molecule has 0 saturated carbocycles. The molecule has 4 nitrogen and oxygen atoms in total. The fraction of sp³-hybridized carbons (Fsp3) is 0.909. The van der Waals surface area contributed by atoms with Gasteiger partial charge in [0.1, 0.15) is 0 Å². The van der Waals surface area contributed by atoms with E-state index in [0.717, 1.165) is 19.4 Å². The van der Waals surface area contributed by atoms with E-state index in [1.165, 1.54) is 0 Å². The number of rotatable bonds is 4. The summed E-state index contributed by atoms with van der Waals surface area (Å²) in [5, 5.41) is 19.0. The summed E-state index contributed by atoms with van der Waals surface area (Å²) < 4.78 is 5.33. The smallest absolute Gasteiger partial charge is 0.0832 e. The maximum absolute atomic E-state index is 9.82. The van der Waals surface area contributed by atoms with Crippen molar-refractivity contribution < 1.29 is 9.84 Å². The van der Waals surface area contributed by atoms with Gasteiger partial charge in [0, 0.05) is 13.2 Å². The largest absolute Gasteiger partial charge is 0.392 e. The molecule has 1 N–H and O–H groups in total. The van der Waals surface area contributed by atoms with Gasteiger partial charge in [-0.1, -0.05) is 0 Å². The Bertz CT molecular complexity index is 229. The topological polar surface area (TPSA) is 56.5 Å². The Morgan fingerprint density at radius 2 is 2.33 bits per heavy atom. The van der Waals surface area contributed by atoms with Crippen molar-refractivity contribution in [3.05, 3.63) is 0 Å². The number of nitrogens with zero attached hydrogens (tertiary/aromatic N) is 2. The number of hydrogen-bond donors (Lipinski definition) is 1. The molecule has 0 bridgehead atoms. The number of ether oxygens (including phenoxy) is 1. The van der Waals surface area contributed by atoms with Crippen molar-refractivity contribution in [3.8, 4) is 6.07 Å². The van der Waals surface area contributed by atoms with Crippen molar-refractivity contribution in [2.75, 3.05) is 33.9 Å². The summed E-state index contributed by atoms with van der Waals surface area (Å²) in [6, 6.07) is 2.32. The van der Waals surface area contributed by atoms with Crippen LogP contribution in [0.3, 0.4) is 0 Å². The van der Waals surface area contributed by atoms with E-state index in [0.29, 0.717) is 19.6 Å². The predicted octanol–water partition coefficient (Wildman–Crippen LogP) is 0.619. The van der Waals surface area contributed by atoms with E-state index in [1.54, 1.807) is 0 Å². The van der Waals surface area contributed by atoms with E-state index in [4.69, 9.17) is 10.00 Å². The minimum atomic E-state index is -0.465. The summed E-state index contributed by atoms with van der Waals surface area (Å²) >= 11 is 0. The predicted molar refractivity (Wildman–Crippen MR) is 57.3 cm³/mol. The Labute approximate surface area is 91.4 Å². The average Bonchev–Trinajstić information content (AvgIpc) is 2.17. The highest BCUT2D eigenvalue weighted by Gasteiger charge is 2.35. The molecule has 0 aromatic carbocycles. The Morgan fingerprint density at radius 1 is 1.60 bits per heavy atom. The van der Waals surface area contributed by atoms with Crippen LogP contribution in [-0.2, 0) is 4.74 Å². The van der Waals surface area contributed by atoms with Crippen LogP contribution in [0.25, 0.3) is 0 Å². The van der Waals surface area contributed by atoms with Gasteiger partial charge in [-0.25, -0.2) is 0 Å². The first-order valence-electron chi connectivity index (χ1n) is 5.40. The molecule has 1 aliphatic heterocycles. The van der Waals surface area contributed by atoms with Gasteiger partial charge in [-0.05, 0) is 33.4 Å². The lowest BCUT2D eigenvalue weighted by Gasteiger charge is -2.32. The SMILES string of the molecule is CN(C)C[C@H](O)C[C@@]1(C#N)CCCOC1. The summed E-state index contributed by atoms with van der Waals surface area (Å²) in [6.45, 7) is 1.81. The molecule has 0 aliphatic carbocycles. The Morgan fingerprint density at radius 3 is 2.80 bits per heavy atom. The molecule has 86 valence electrons. The van der Waals surface area contributed by atoms with Crippen molar-refractivity contribution in [2.24, 2.45) is 5.41 Å². The molecule has 0 unspecified atom stereocenters. The van der Waals surface area contributed by atoms with Gasteiger partial charge >= 0.3 is 0 Å². The molecule has 1 aliphatic rings. The number of likely N-dealkylation sites (N-methyl/N-ethyl adjacent to an activating group) is 1. The molecule has 0 aromatic heterocycles. The molecule has 1 saturated heterocycles. The second-order valence-corrected chi connectivity index (χ2v) is 4.67. The minimum absolute atomic E-state index is 0.443. The summed E-state index contributed by atoms with van der Waals surface area (Å²) in [7, 11) is 3.83. The molecule has 1 fully saturated rings. The number of hydrogen-bond acceptors (Lipinski definition) is 4. The summed E-state index contributed by atoms with van der Waals surface area (Å²) in [5.41, 5.74) is -0.465. The lowest BCUT2D eigenvalue weighted by Crippen LogP contribution is -2.37. The first-order chi connectivity index (χ1) is 7.08. The minimum Gasteiger partial charge on any atom is -0.392 e. The molecule has 4 heteroatoms. The summed E-state index contributed by atoms with van der Waals surface area (Å²) in [4.78, 5) is 1.93. The van der Waals surface area contributed by atoms with Gasteiger partial charge in [0.2, 0.25) is 0 Å². The maximum Gasteiger partial charge on any atom is 0.0832 e. The molecule has 2 atom stereocenters. The van der Waals surface area contributed by atoms with Crippen LogP contribution in [0.4, 0.5) is 0 Å². The van der Waals surface area contributed by atoms with Crippen LogP contribution >= 0.6 is 0 Å². The molecule has 0 amide bonds. The van der Waals surface area contributed by atoms with Gasteiger partial charge in [-0.15, -0.1) is 0 Å². The fourth-order valence-electron chi connectivity index (χ4n) is 2.08. The number of aliphatic hydroxyl groups is 1. The lowest BCUT2D eigenvalue weighted by atomic mass is 9.79. The Balaban J connectivity index is 2.48. The van der Waals surface area contributed by atoms with Gasteiger partial charge < -0.3 is 14.7 Å². The van der Waals surface area contributed by atoms with Gasteiger partial charge in [-0.3, -0.25) is 0 Å². The van der Waals surface area contributed by atoms with Gasteiger partial charge in [0.05, 0.1) is 24.2 Å². The third kappa shape index (κ3) is 3.78. The summed E-state index contributed by atoms with van der Waals surface area (Å²) in [5.74, 6) is 0. The molecule has 1 rings (SSSR count). The number of nitriles is 1. The van der Waals surface area contributed by atoms with Gasteiger partial charge in [-0.2, -0.15) is 5.26 Å². The van der Waals surface area contributed by atoms with Crippen LogP contribution < -0.4 is 0 Å². The standard InChI is InChI=1S/C11H20N2O2/c1-13(2)7-10(14)6-11(8-12)4-3-5-15-9-11/h10,14H,3-7,9H2,1-2H3/t10-,11-/m1/s1.